The van der Waals surface area contributed by atoms with Crippen LogP contribution in [0.4, 0.5) is 0 Å². The largest absolute Gasteiger partial charge is 0.477 e. The lowest BCUT2D eigenvalue weighted by molar-refractivity contribution is -0.219. The molecule has 0 saturated carbocycles. The maximum atomic E-state index is 10.4. The minimum Gasteiger partial charge on any atom is -0.477 e. The zero-order valence-corrected chi connectivity index (χ0v) is 6.17. The molecule has 3 atom stereocenters. The summed E-state index contributed by atoms with van der Waals surface area (Å²) in [5.41, 5.74) is 0. The van der Waals surface area contributed by atoms with Gasteiger partial charge in [-0.3, -0.25) is 0 Å². The van der Waals surface area contributed by atoms with Gasteiger partial charge in [-0.25, -0.2) is 4.79 Å². The number of rotatable bonds is 2. The van der Waals surface area contributed by atoms with Gasteiger partial charge in [0, 0.05) is 6.42 Å². The minimum atomic E-state index is -2.35. The molecule has 0 aromatic heterocycles. The molecule has 1 fully saturated rings. The second kappa shape index (κ2) is 2.98. The van der Waals surface area contributed by atoms with E-state index in [2.05, 4.69) is 4.74 Å². The minimum absolute atomic E-state index is 0.423. The molecule has 0 aliphatic carbocycles. The molecule has 1 aliphatic heterocycles. The maximum absolute atomic E-state index is 10.4. The van der Waals surface area contributed by atoms with Crippen molar-refractivity contribution in [3.63, 3.8) is 0 Å². The van der Waals surface area contributed by atoms with Crippen molar-refractivity contribution in [1.82, 2.24) is 0 Å². The van der Waals surface area contributed by atoms with Gasteiger partial charge in [0.15, 0.2) is 0 Å². The number of carbonyl (C=O) groups is 1. The van der Waals surface area contributed by atoms with Crippen LogP contribution in [-0.4, -0.2) is 51.0 Å². The van der Waals surface area contributed by atoms with Crippen molar-refractivity contribution in [3.8, 4) is 0 Å². The van der Waals surface area contributed by atoms with Gasteiger partial charge in [0.2, 0.25) is 0 Å². The smallest absolute Gasteiger partial charge is 0.364 e. The normalized spacial score (nSPS) is 41.6. The van der Waals surface area contributed by atoms with E-state index < -0.39 is 37.0 Å². The molecule has 0 amide bonds. The van der Waals surface area contributed by atoms with Crippen LogP contribution in [0.1, 0.15) is 6.42 Å². The number of carboxylic acids is 1. The van der Waals surface area contributed by atoms with Crippen LogP contribution in [0.5, 0.6) is 0 Å². The lowest BCUT2D eigenvalue weighted by Crippen LogP contribution is -2.38. The SMILES string of the molecule is O=C(O)[C@]1(O)C[C@@H](O)[C@@H](CO)O1. The Morgan fingerprint density at radius 2 is 2.25 bits per heavy atom. The Hall–Kier alpha value is -0.690. The van der Waals surface area contributed by atoms with Crippen LogP contribution in [0.25, 0.3) is 0 Å². The molecular formula is C6H10O6. The Balaban J connectivity index is 2.70. The molecule has 4 N–H and O–H groups in total. The molecule has 6 nitrogen and oxygen atoms in total. The van der Waals surface area contributed by atoms with Gasteiger partial charge in [-0.1, -0.05) is 0 Å². The first-order valence-electron chi connectivity index (χ1n) is 3.42. The summed E-state index contributed by atoms with van der Waals surface area (Å²) in [7, 11) is 0. The van der Waals surface area contributed by atoms with Crippen LogP contribution in [0.3, 0.4) is 0 Å². The monoisotopic (exact) mass is 178 g/mol. The van der Waals surface area contributed by atoms with Gasteiger partial charge in [-0.2, -0.15) is 0 Å². The molecule has 1 aliphatic rings. The van der Waals surface area contributed by atoms with Gasteiger partial charge >= 0.3 is 5.97 Å². The molecule has 0 spiro atoms. The molecule has 1 rings (SSSR count). The van der Waals surface area contributed by atoms with E-state index in [1.54, 1.807) is 0 Å². The van der Waals surface area contributed by atoms with Gasteiger partial charge in [-0.15, -0.1) is 0 Å². The quantitative estimate of drug-likeness (QED) is 0.386. The van der Waals surface area contributed by atoms with Crippen LogP contribution < -0.4 is 0 Å². The summed E-state index contributed by atoms with van der Waals surface area (Å²) in [4.78, 5) is 10.4. The maximum Gasteiger partial charge on any atom is 0.364 e. The van der Waals surface area contributed by atoms with Crippen molar-refractivity contribution in [1.29, 1.82) is 0 Å². The highest BCUT2D eigenvalue weighted by molar-refractivity contribution is 5.75. The average Bonchev–Trinajstić information content (AvgIpc) is 2.27. The summed E-state index contributed by atoms with van der Waals surface area (Å²) < 4.78 is 4.53. The molecule has 12 heavy (non-hydrogen) atoms. The number of aliphatic carboxylic acids is 1. The van der Waals surface area contributed by atoms with Crippen LogP contribution in [0.2, 0.25) is 0 Å². The number of aliphatic hydroxyl groups excluding tert-OH is 2. The predicted octanol–water partition coefficient (Wildman–Crippen LogP) is -2.10. The highest BCUT2D eigenvalue weighted by Crippen LogP contribution is 2.28. The number of carboxylic acid groups (broad SMARTS) is 1. The predicted molar refractivity (Wildman–Crippen MR) is 35.2 cm³/mol. The van der Waals surface area contributed by atoms with E-state index in [0.717, 1.165) is 0 Å². The Kier molecular flexibility index (Phi) is 2.34. The van der Waals surface area contributed by atoms with Crippen molar-refractivity contribution >= 4 is 5.97 Å². The summed E-state index contributed by atoms with van der Waals surface area (Å²) in [6, 6.07) is 0. The van der Waals surface area contributed by atoms with Crippen LogP contribution >= 0.6 is 0 Å². The topological polar surface area (TPSA) is 107 Å². The third-order valence-corrected chi connectivity index (χ3v) is 1.78. The van der Waals surface area contributed by atoms with Crippen LogP contribution in [0.15, 0.2) is 0 Å². The zero-order chi connectivity index (χ0) is 9.35. The third kappa shape index (κ3) is 1.42. The third-order valence-electron chi connectivity index (χ3n) is 1.78. The van der Waals surface area contributed by atoms with E-state index >= 15 is 0 Å². The fraction of sp³-hybridized carbons (Fsp3) is 0.833. The van der Waals surface area contributed by atoms with E-state index in [-0.39, 0.29) is 0 Å². The Bertz CT molecular complexity index is 192. The Labute approximate surface area is 68.0 Å². The Morgan fingerprint density at radius 1 is 1.67 bits per heavy atom. The van der Waals surface area contributed by atoms with E-state index in [1.165, 1.54) is 0 Å². The molecule has 0 aromatic rings. The van der Waals surface area contributed by atoms with Gasteiger partial charge in [-0.05, 0) is 0 Å². The van der Waals surface area contributed by atoms with Crippen molar-refractivity contribution < 1.29 is 30.0 Å². The van der Waals surface area contributed by atoms with E-state index in [0.29, 0.717) is 0 Å². The first-order valence-corrected chi connectivity index (χ1v) is 3.42. The van der Waals surface area contributed by atoms with Crippen molar-refractivity contribution in [2.45, 2.75) is 24.4 Å². The lowest BCUT2D eigenvalue weighted by atomic mass is 10.1. The molecule has 0 unspecified atom stereocenters. The van der Waals surface area contributed by atoms with E-state index in [9.17, 15) is 4.79 Å². The summed E-state index contributed by atoms with van der Waals surface area (Å²) >= 11 is 0. The second-order valence-corrected chi connectivity index (χ2v) is 2.70. The van der Waals surface area contributed by atoms with Crippen molar-refractivity contribution in [2.75, 3.05) is 6.61 Å². The van der Waals surface area contributed by atoms with Gasteiger partial charge in [0.05, 0.1) is 12.7 Å². The van der Waals surface area contributed by atoms with E-state index in [4.69, 9.17) is 20.4 Å². The van der Waals surface area contributed by atoms with Crippen LogP contribution in [-0.2, 0) is 9.53 Å². The standard InChI is InChI=1S/C6H10O6/c7-2-4-3(8)1-6(11,12-4)5(9)10/h3-4,7-8,11H,1-2H2,(H,9,10)/t3-,4-,6+/m1/s1. The number of hydrogen-bond donors (Lipinski definition) is 4. The molecule has 0 radical (unpaired) electrons. The second-order valence-electron chi connectivity index (χ2n) is 2.70. The molecule has 1 saturated heterocycles. The summed E-state index contributed by atoms with van der Waals surface area (Å²) in [6.45, 7) is -0.517. The fourth-order valence-electron chi connectivity index (χ4n) is 1.09. The average molecular weight is 178 g/mol. The van der Waals surface area contributed by atoms with Crippen molar-refractivity contribution in [2.24, 2.45) is 0 Å². The molecular weight excluding hydrogens is 168 g/mol. The zero-order valence-electron chi connectivity index (χ0n) is 6.17. The first kappa shape index (κ1) is 9.40. The Morgan fingerprint density at radius 3 is 2.50 bits per heavy atom. The first-order chi connectivity index (χ1) is 5.49. The summed E-state index contributed by atoms with van der Waals surface area (Å²) in [6.07, 6.45) is -2.59. The lowest BCUT2D eigenvalue weighted by Gasteiger charge is -2.16. The van der Waals surface area contributed by atoms with Gasteiger partial charge in [0.25, 0.3) is 5.79 Å². The molecule has 0 aromatic carbocycles. The molecule has 0 bridgehead atoms. The summed E-state index contributed by atoms with van der Waals surface area (Å²) in [5, 5.41) is 35.2. The number of aliphatic hydroxyl groups is 3. The van der Waals surface area contributed by atoms with Crippen LogP contribution in [0, 0.1) is 0 Å². The van der Waals surface area contributed by atoms with Crippen molar-refractivity contribution in [3.05, 3.63) is 0 Å². The van der Waals surface area contributed by atoms with E-state index in [1.807, 2.05) is 0 Å². The number of hydrogen-bond acceptors (Lipinski definition) is 5. The molecule has 6 heteroatoms. The highest BCUT2D eigenvalue weighted by Gasteiger charge is 2.50. The number of ether oxygens (including phenoxy) is 1. The molecule has 70 valence electrons. The van der Waals surface area contributed by atoms with Gasteiger partial charge < -0.3 is 25.2 Å². The summed E-state index contributed by atoms with van der Waals surface area (Å²) in [5.74, 6) is -3.91. The van der Waals surface area contributed by atoms with Gasteiger partial charge in [0.1, 0.15) is 6.10 Å². The highest BCUT2D eigenvalue weighted by atomic mass is 16.7. The fourth-order valence-corrected chi connectivity index (χ4v) is 1.09. The molecule has 1 heterocycles.